The van der Waals surface area contributed by atoms with Gasteiger partial charge in [0.2, 0.25) is 10.1 Å². The number of aryl methyl sites for hydroxylation is 1. The van der Waals surface area contributed by atoms with Crippen molar-refractivity contribution in [3.63, 3.8) is 0 Å². The summed E-state index contributed by atoms with van der Waals surface area (Å²) in [5.41, 5.74) is 1.55. The number of anilines is 1. The number of nitrogens with zero attached hydrogens (tertiary/aromatic N) is 4. The molecule has 2 aromatic heterocycles. The SMILES string of the molecule is Cc1nn(-c2ccccc2)c(C)c1C(=O)C(=O)Nc1nnc(C(F)(F)F)s1. The third-order valence-corrected chi connectivity index (χ3v) is 4.50. The Hall–Kier alpha value is -3.08. The van der Waals surface area contributed by atoms with Crippen molar-refractivity contribution in [2.24, 2.45) is 0 Å². The van der Waals surface area contributed by atoms with Gasteiger partial charge in [0, 0.05) is 0 Å². The molecular weight excluding hydrogens is 383 g/mol. The largest absolute Gasteiger partial charge is 0.445 e. The minimum atomic E-state index is -4.67. The second kappa shape index (κ2) is 6.91. The lowest BCUT2D eigenvalue weighted by Crippen LogP contribution is -2.24. The molecule has 0 aliphatic carbocycles. The number of ketones is 1. The number of para-hydroxylation sites is 1. The van der Waals surface area contributed by atoms with Crippen LogP contribution in [0.3, 0.4) is 0 Å². The van der Waals surface area contributed by atoms with Gasteiger partial charge in [0.25, 0.3) is 11.7 Å². The van der Waals surface area contributed by atoms with Crippen molar-refractivity contribution in [3.05, 3.63) is 52.3 Å². The summed E-state index contributed by atoms with van der Waals surface area (Å²) in [5.74, 6) is -2.03. The highest BCUT2D eigenvalue weighted by molar-refractivity contribution is 7.15. The molecule has 0 radical (unpaired) electrons. The molecule has 1 aromatic carbocycles. The van der Waals surface area contributed by atoms with Gasteiger partial charge in [0.1, 0.15) is 0 Å². The van der Waals surface area contributed by atoms with Crippen molar-refractivity contribution in [1.82, 2.24) is 20.0 Å². The Balaban J connectivity index is 1.85. The molecule has 0 aliphatic heterocycles. The summed E-state index contributed by atoms with van der Waals surface area (Å²) < 4.78 is 39.2. The first-order valence-electron chi connectivity index (χ1n) is 7.56. The summed E-state index contributed by atoms with van der Waals surface area (Å²) in [4.78, 5) is 24.7. The Morgan fingerprint density at radius 3 is 2.37 bits per heavy atom. The molecule has 0 saturated carbocycles. The fourth-order valence-electron chi connectivity index (χ4n) is 2.45. The summed E-state index contributed by atoms with van der Waals surface area (Å²) in [6, 6.07) is 8.99. The van der Waals surface area contributed by atoms with Crippen molar-refractivity contribution >= 4 is 28.2 Å². The summed E-state index contributed by atoms with van der Waals surface area (Å²) in [7, 11) is 0. The van der Waals surface area contributed by atoms with E-state index in [-0.39, 0.29) is 16.9 Å². The lowest BCUT2D eigenvalue weighted by molar-refractivity contribution is -0.138. The van der Waals surface area contributed by atoms with Crippen LogP contribution in [0, 0.1) is 13.8 Å². The number of alkyl halides is 3. The lowest BCUT2D eigenvalue weighted by atomic mass is 10.1. The van der Waals surface area contributed by atoms with Crippen LogP contribution in [0.15, 0.2) is 30.3 Å². The Labute approximate surface area is 154 Å². The predicted octanol–water partition coefficient (Wildman–Crippen LogP) is 3.18. The number of carbonyl (C=O) groups excluding carboxylic acids is 2. The topological polar surface area (TPSA) is 89.8 Å². The molecule has 0 spiro atoms. The number of nitrogens with one attached hydrogen (secondary N) is 1. The maximum absolute atomic E-state index is 12.5. The molecule has 3 rings (SSSR count). The van der Waals surface area contributed by atoms with Gasteiger partial charge in [0.15, 0.2) is 0 Å². The molecule has 2 heterocycles. The number of carbonyl (C=O) groups is 2. The molecule has 0 fully saturated rings. The van der Waals surface area contributed by atoms with Crippen LogP contribution in [0.4, 0.5) is 18.3 Å². The smallest absolute Gasteiger partial charge is 0.293 e. The zero-order valence-corrected chi connectivity index (χ0v) is 14.9. The first-order valence-corrected chi connectivity index (χ1v) is 8.38. The van der Waals surface area contributed by atoms with Crippen LogP contribution in [0.1, 0.15) is 26.8 Å². The van der Waals surface area contributed by atoms with E-state index in [1.807, 2.05) is 6.07 Å². The molecule has 0 bridgehead atoms. The van der Waals surface area contributed by atoms with E-state index in [9.17, 15) is 22.8 Å². The first kappa shape index (κ1) is 18.7. The minimum absolute atomic E-state index is 0.0805. The van der Waals surface area contributed by atoms with E-state index < -0.39 is 28.0 Å². The molecule has 27 heavy (non-hydrogen) atoms. The molecule has 11 heteroatoms. The first-order chi connectivity index (χ1) is 12.7. The van der Waals surface area contributed by atoms with Gasteiger partial charge in [-0.2, -0.15) is 18.3 Å². The van der Waals surface area contributed by atoms with Crippen LogP contribution in [-0.2, 0) is 11.0 Å². The number of aromatic nitrogens is 4. The van der Waals surface area contributed by atoms with Crippen LogP contribution in [0.5, 0.6) is 0 Å². The molecule has 0 aliphatic rings. The van der Waals surface area contributed by atoms with Gasteiger partial charge in [-0.15, -0.1) is 10.2 Å². The number of hydrogen-bond donors (Lipinski definition) is 1. The molecule has 0 unspecified atom stereocenters. The number of amides is 1. The van der Waals surface area contributed by atoms with E-state index in [0.29, 0.717) is 17.1 Å². The highest BCUT2D eigenvalue weighted by atomic mass is 32.1. The fraction of sp³-hybridized carbons (Fsp3) is 0.188. The van der Waals surface area contributed by atoms with Crippen molar-refractivity contribution in [2.45, 2.75) is 20.0 Å². The standard InChI is InChI=1S/C16H12F3N5O2S/c1-8-11(9(2)24(23-8)10-6-4-3-5-7-10)12(25)13(26)20-15-22-21-14(27-15)16(17,18)19/h3-7H,1-2H3,(H,20,22,26). The summed E-state index contributed by atoms with van der Waals surface area (Å²) in [6.07, 6.45) is -4.67. The van der Waals surface area contributed by atoms with E-state index in [2.05, 4.69) is 20.6 Å². The number of hydrogen-bond acceptors (Lipinski definition) is 6. The van der Waals surface area contributed by atoms with Gasteiger partial charge in [-0.1, -0.05) is 29.5 Å². The fourth-order valence-corrected chi connectivity index (χ4v) is 3.05. The van der Waals surface area contributed by atoms with E-state index in [1.165, 1.54) is 4.68 Å². The summed E-state index contributed by atoms with van der Waals surface area (Å²) in [6.45, 7) is 3.19. The Morgan fingerprint density at radius 1 is 1.11 bits per heavy atom. The third-order valence-electron chi connectivity index (χ3n) is 3.61. The molecule has 140 valence electrons. The average molecular weight is 395 g/mol. The highest BCUT2D eigenvalue weighted by Gasteiger charge is 2.36. The predicted molar refractivity (Wildman–Crippen MR) is 90.9 cm³/mol. The maximum Gasteiger partial charge on any atom is 0.445 e. The monoisotopic (exact) mass is 395 g/mol. The molecule has 7 nitrogen and oxygen atoms in total. The van der Waals surface area contributed by atoms with E-state index >= 15 is 0 Å². The zero-order chi connectivity index (χ0) is 19.8. The molecule has 0 saturated heterocycles. The molecule has 3 aromatic rings. The molecule has 1 amide bonds. The van der Waals surface area contributed by atoms with Gasteiger partial charge < -0.3 is 0 Å². The van der Waals surface area contributed by atoms with E-state index in [0.717, 1.165) is 0 Å². The van der Waals surface area contributed by atoms with Gasteiger partial charge >= 0.3 is 6.18 Å². The average Bonchev–Trinajstić information content (AvgIpc) is 3.19. The summed E-state index contributed by atoms with van der Waals surface area (Å²) >= 11 is 0.139. The van der Waals surface area contributed by atoms with Crippen molar-refractivity contribution in [2.75, 3.05) is 5.32 Å². The second-order valence-corrected chi connectivity index (χ2v) is 6.46. The highest BCUT2D eigenvalue weighted by Crippen LogP contribution is 2.33. The number of halogens is 3. The minimum Gasteiger partial charge on any atom is -0.293 e. The Morgan fingerprint density at radius 2 is 1.78 bits per heavy atom. The van der Waals surface area contributed by atoms with Crippen molar-refractivity contribution in [1.29, 1.82) is 0 Å². The number of Topliss-reactive ketones (excluding diaryl/α,β-unsaturated/α-hetero) is 1. The van der Waals surface area contributed by atoms with Crippen molar-refractivity contribution < 1.29 is 22.8 Å². The zero-order valence-electron chi connectivity index (χ0n) is 14.0. The Bertz CT molecular complexity index is 1010. The lowest BCUT2D eigenvalue weighted by Gasteiger charge is -2.05. The van der Waals surface area contributed by atoms with E-state index in [1.54, 1.807) is 38.1 Å². The number of rotatable bonds is 4. The van der Waals surface area contributed by atoms with Crippen LogP contribution in [0.2, 0.25) is 0 Å². The number of benzene rings is 1. The molecule has 0 atom stereocenters. The van der Waals surface area contributed by atoms with Crippen LogP contribution in [0.25, 0.3) is 5.69 Å². The third kappa shape index (κ3) is 3.72. The van der Waals surface area contributed by atoms with Gasteiger partial charge in [0.05, 0.1) is 22.6 Å². The van der Waals surface area contributed by atoms with Gasteiger partial charge in [-0.3, -0.25) is 14.9 Å². The maximum atomic E-state index is 12.5. The van der Waals surface area contributed by atoms with Crippen LogP contribution in [-0.4, -0.2) is 31.7 Å². The van der Waals surface area contributed by atoms with Gasteiger partial charge in [-0.05, 0) is 26.0 Å². The quantitative estimate of drug-likeness (QED) is 0.541. The molecular formula is C16H12F3N5O2S. The summed E-state index contributed by atoms with van der Waals surface area (Å²) in [5, 5.41) is 10.9. The van der Waals surface area contributed by atoms with Crippen LogP contribution < -0.4 is 5.32 Å². The van der Waals surface area contributed by atoms with E-state index in [4.69, 9.17) is 0 Å². The normalized spacial score (nSPS) is 11.4. The Kier molecular flexibility index (Phi) is 4.79. The second-order valence-electron chi connectivity index (χ2n) is 5.49. The van der Waals surface area contributed by atoms with Crippen molar-refractivity contribution in [3.8, 4) is 5.69 Å². The van der Waals surface area contributed by atoms with Gasteiger partial charge in [-0.25, -0.2) is 4.68 Å². The molecule has 1 N–H and O–H groups in total. The van der Waals surface area contributed by atoms with Crippen LogP contribution >= 0.6 is 11.3 Å².